The standard InChI is InChI=1S/C29H19Br2N3O7/c30-17-4-6-22-15(10-17)12-20(27(35)36)25(32-22)33-24(29(39)40)9-14-2-1-3-19(8-14)41-26-21(28(37)38)13-16-11-18(31)5-7-23(16)34-26/h1-8,10-13,24H,9H2,(H,32,33)(H,35,36)(H,37,38)(H,39,40). The SMILES string of the molecule is O=C(O)c1cc2cc(Br)ccc2nc1NC(Cc1cccc(Oc2nc3ccc(Br)cc3cc2C(=O)O)c1)C(=O)O. The summed E-state index contributed by atoms with van der Waals surface area (Å²) in [5, 5.41) is 33.4. The lowest BCUT2D eigenvalue weighted by atomic mass is 10.0. The largest absolute Gasteiger partial charge is 0.480 e. The second-order valence-corrected chi connectivity index (χ2v) is 10.8. The first kappa shape index (κ1) is 28.0. The first-order valence-electron chi connectivity index (χ1n) is 12.0. The van der Waals surface area contributed by atoms with Crippen LogP contribution in [0.5, 0.6) is 11.6 Å². The van der Waals surface area contributed by atoms with Crippen LogP contribution in [0.15, 0.2) is 81.7 Å². The third-order valence-corrected chi connectivity index (χ3v) is 7.13. The maximum atomic E-state index is 12.2. The van der Waals surface area contributed by atoms with Crippen LogP contribution in [0.1, 0.15) is 26.3 Å². The summed E-state index contributed by atoms with van der Waals surface area (Å²) >= 11 is 6.71. The van der Waals surface area contributed by atoms with Crippen LogP contribution in [0.3, 0.4) is 0 Å². The van der Waals surface area contributed by atoms with Crippen molar-refractivity contribution in [2.24, 2.45) is 0 Å². The molecule has 0 aliphatic carbocycles. The first-order chi connectivity index (χ1) is 19.6. The molecule has 12 heteroatoms. The molecule has 0 spiro atoms. The number of carboxylic acids is 3. The van der Waals surface area contributed by atoms with Crippen LogP contribution in [0.4, 0.5) is 5.82 Å². The Hall–Kier alpha value is -4.55. The summed E-state index contributed by atoms with van der Waals surface area (Å²) in [4.78, 5) is 44.8. The Bertz CT molecular complexity index is 1860. The molecule has 41 heavy (non-hydrogen) atoms. The summed E-state index contributed by atoms with van der Waals surface area (Å²) in [5.41, 5.74) is 1.25. The summed E-state index contributed by atoms with van der Waals surface area (Å²) in [6.07, 6.45) is -0.0589. The number of pyridine rings is 2. The predicted molar refractivity (Wildman–Crippen MR) is 158 cm³/mol. The van der Waals surface area contributed by atoms with Gasteiger partial charge in [-0.3, -0.25) is 0 Å². The molecule has 5 rings (SSSR count). The van der Waals surface area contributed by atoms with Crippen LogP contribution in [-0.4, -0.2) is 49.2 Å². The van der Waals surface area contributed by atoms with Crippen LogP contribution in [-0.2, 0) is 11.2 Å². The van der Waals surface area contributed by atoms with E-state index in [1.165, 1.54) is 12.1 Å². The molecule has 0 aliphatic heterocycles. The Morgan fingerprint density at radius 1 is 0.780 bits per heavy atom. The van der Waals surface area contributed by atoms with Crippen LogP contribution in [0.25, 0.3) is 21.8 Å². The van der Waals surface area contributed by atoms with Gasteiger partial charge >= 0.3 is 17.9 Å². The second-order valence-electron chi connectivity index (χ2n) is 9.00. The lowest BCUT2D eigenvalue weighted by molar-refractivity contribution is -0.137. The number of anilines is 1. The van der Waals surface area contributed by atoms with Crippen LogP contribution < -0.4 is 10.1 Å². The maximum Gasteiger partial charge on any atom is 0.341 e. The van der Waals surface area contributed by atoms with Gasteiger partial charge in [0.1, 0.15) is 28.7 Å². The van der Waals surface area contributed by atoms with Crippen molar-refractivity contribution < 1.29 is 34.4 Å². The summed E-state index contributed by atoms with van der Waals surface area (Å²) in [5.74, 6) is -3.64. The van der Waals surface area contributed by atoms with Gasteiger partial charge in [-0.2, -0.15) is 0 Å². The molecule has 0 radical (unpaired) electrons. The number of fused-ring (bicyclic) bond motifs is 2. The highest BCUT2D eigenvalue weighted by Crippen LogP contribution is 2.30. The number of hydrogen-bond acceptors (Lipinski definition) is 7. The molecule has 4 N–H and O–H groups in total. The minimum atomic E-state index is -1.26. The van der Waals surface area contributed by atoms with Gasteiger partial charge < -0.3 is 25.4 Å². The number of halogens is 2. The Morgan fingerprint density at radius 2 is 1.39 bits per heavy atom. The van der Waals surface area contributed by atoms with E-state index in [0.717, 1.165) is 8.95 Å². The molecule has 206 valence electrons. The van der Waals surface area contributed by atoms with E-state index in [0.29, 0.717) is 27.4 Å². The van der Waals surface area contributed by atoms with Gasteiger partial charge in [0, 0.05) is 26.1 Å². The summed E-state index contributed by atoms with van der Waals surface area (Å²) in [7, 11) is 0. The van der Waals surface area contributed by atoms with Gasteiger partial charge in [-0.25, -0.2) is 24.4 Å². The smallest absolute Gasteiger partial charge is 0.341 e. The molecular weight excluding hydrogens is 662 g/mol. The Morgan fingerprint density at radius 3 is 2.00 bits per heavy atom. The van der Waals surface area contributed by atoms with Gasteiger partial charge in [0.2, 0.25) is 5.88 Å². The highest BCUT2D eigenvalue weighted by molar-refractivity contribution is 9.10. The Balaban J connectivity index is 1.43. The number of benzene rings is 3. The first-order valence-corrected chi connectivity index (χ1v) is 13.6. The van der Waals surface area contributed by atoms with E-state index in [-0.39, 0.29) is 35.0 Å². The molecule has 0 aliphatic rings. The van der Waals surface area contributed by atoms with E-state index in [4.69, 9.17) is 4.74 Å². The molecule has 2 aromatic heterocycles. The molecule has 5 aromatic rings. The van der Waals surface area contributed by atoms with Crippen LogP contribution >= 0.6 is 31.9 Å². The molecule has 1 unspecified atom stereocenters. The van der Waals surface area contributed by atoms with E-state index >= 15 is 0 Å². The molecular formula is C29H19Br2N3O7. The minimum Gasteiger partial charge on any atom is -0.480 e. The third-order valence-electron chi connectivity index (χ3n) is 6.14. The summed E-state index contributed by atoms with van der Waals surface area (Å²) < 4.78 is 7.37. The molecule has 0 fully saturated rings. The molecule has 2 heterocycles. The zero-order valence-corrected chi connectivity index (χ0v) is 24.0. The number of nitrogens with one attached hydrogen (secondary N) is 1. The van der Waals surface area contributed by atoms with Crippen molar-refractivity contribution in [2.75, 3.05) is 5.32 Å². The predicted octanol–water partition coefficient (Wildman–Crippen LogP) is 6.60. The van der Waals surface area contributed by atoms with Crippen molar-refractivity contribution in [1.29, 1.82) is 0 Å². The van der Waals surface area contributed by atoms with Crippen molar-refractivity contribution in [2.45, 2.75) is 12.5 Å². The van der Waals surface area contributed by atoms with Crippen molar-refractivity contribution >= 4 is 77.4 Å². The normalized spacial score (nSPS) is 11.8. The van der Waals surface area contributed by atoms with Gasteiger partial charge in [-0.05, 0) is 66.2 Å². The topological polar surface area (TPSA) is 159 Å². The van der Waals surface area contributed by atoms with Gasteiger partial charge in [0.05, 0.1) is 11.0 Å². The van der Waals surface area contributed by atoms with Crippen molar-refractivity contribution in [3.8, 4) is 11.6 Å². The van der Waals surface area contributed by atoms with Crippen molar-refractivity contribution in [3.05, 3.63) is 98.4 Å². The number of nitrogens with zero attached hydrogens (tertiary/aromatic N) is 2. The Labute approximate surface area is 248 Å². The highest BCUT2D eigenvalue weighted by atomic mass is 79.9. The Kier molecular flexibility index (Phi) is 7.86. The van der Waals surface area contributed by atoms with E-state index < -0.39 is 23.9 Å². The highest BCUT2D eigenvalue weighted by Gasteiger charge is 2.23. The molecule has 0 saturated heterocycles. The fourth-order valence-electron chi connectivity index (χ4n) is 4.23. The molecule has 1 atom stereocenters. The van der Waals surface area contributed by atoms with E-state index in [9.17, 15) is 29.7 Å². The average Bonchev–Trinajstić information content (AvgIpc) is 2.92. The van der Waals surface area contributed by atoms with Crippen LogP contribution in [0.2, 0.25) is 0 Å². The fraction of sp³-hybridized carbons (Fsp3) is 0.0690. The zero-order chi connectivity index (χ0) is 29.3. The molecule has 10 nitrogen and oxygen atoms in total. The molecule has 3 aromatic carbocycles. The summed E-state index contributed by atoms with van der Waals surface area (Å²) in [6, 6.07) is 18.5. The minimum absolute atomic E-state index is 0.0589. The number of aliphatic carboxylic acids is 1. The fourth-order valence-corrected chi connectivity index (χ4v) is 4.99. The number of ether oxygens (including phenoxy) is 1. The number of carboxylic acid groups (broad SMARTS) is 3. The number of hydrogen-bond donors (Lipinski definition) is 4. The van der Waals surface area contributed by atoms with Crippen molar-refractivity contribution in [1.82, 2.24) is 9.97 Å². The van der Waals surface area contributed by atoms with E-state index in [1.807, 2.05) is 0 Å². The zero-order valence-electron chi connectivity index (χ0n) is 20.8. The molecule has 0 saturated carbocycles. The number of carbonyl (C=O) groups is 3. The van der Waals surface area contributed by atoms with Gasteiger partial charge in [0.25, 0.3) is 0 Å². The van der Waals surface area contributed by atoms with E-state index in [2.05, 4.69) is 47.1 Å². The van der Waals surface area contributed by atoms with Gasteiger partial charge in [-0.1, -0.05) is 44.0 Å². The lowest BCUT2D eigenvalue weighted by Gasteiger charge is -2.18. The third kappa shape index (κ3) is 6.28. The summed E-state index contributed by atoms with van der Waals surface area (Å²) in [6.45, 7) is 0. The van der Waals surface area contributed by atoms with Gasteiger partial charge in [0.15, 0.2) is 0 Å². The molecule has 0 amide bonds. The number of aromatic nitrogens is 2. The second kappa shape index (κ2) is 11.5. The van der Waals surface area contributed by atoms with Gasteiger partial charge in [-0.15, -0.1) is 0 Å². The number of aromatic carboxylic acids is 2. The monoisotopic (exact) mass is 679 g/mol. The lowest BCUT2D eigenvalue weighted by Crippen LogP contribution is -2.32. The van der Waals surface area contributed by atoms with Crippen molar-refractivity contribution in [3.63, 3.8) is 0 Å². The van der Waals surface area contributed by atoms with Crippen LogP contribution in [0, 0.1) is 0 Å². The van der Waals surface area contributed by atoms with E-state index in [1.54, 1.807) is 60.7 Å². The molecule has 0 bridgehead atoms. The quantitative estimate of drug-likeness (QED) is 0.134. The maximum absolute atomic E-state index is 12.2. The number of rotatable bonds is 9. The average molecular weight is 681 g/mol.